The molecule has 2 saturated heterocycles. The van der Waals surface area contributed by atoms with E-state index in [4.69, 9.17) is 21.1 Å². The summed E-state index contributed by atoms with van der Waals surface area (Å²) in [5, 5.41) is 4.07. The molecule has 2 aliphatic heterocycles. The van der Waals surface area contributed by atoms with E-state index in [1.54, 1.807) is 0 Å². The fourth-order valence-electron chi connectivity index (χ4n) is 3.54. The van der Waals surface area contributed by atoms with Crippen LogP contribution in [0.4, 0.5) is 0 Å². The Hall–Kier alpha value is -1.50. The van der Waals surface area contributed by atoms with Crippen LogP contribution >= 0.6 is 11.6 Å². The van der Waals surface area contributed by atoms with E-state index in [2.05, 4.69) is 20.1 Å². The molecule has 0 amide bonds. The van der Waals surface area contributed by atoms with E-state index in [0.29, 0.717) is 23.4 Å². The molecule has 0 bridgehead atoms. The zero-order valence-electron chi connectivity index (χ0n) is 15.7. The average Bonchev–Trinajstić information content (AvgIpc) is 3.15. The van der Waals surface area contributed by atoms with Gasteiger partial charge in [0.05, 0.1) is 24.8 Å². The van der Waals surface area contributed by atoms with Gasteiger partial charge in [0.2, 0.25) is 0 Å². The lowest BCUT2D eigenvalue weighted by Gasteiger charge is -2.32. The molecule has 7 heteroatoms. The molecule has 2 unspecified atom stereocenters. The number of hydrogen-bond acceptors (Lipinski definition) is 4. The van der Waals surface area contributed by atoms with Crippen LogP contribution in [0.2, 0.25) is 5.02 Å². The van der Waals surface area contributed by atoms with E-state index >= 15 is 0 Å². The summed E-state index contributed by atoms with van der Waals surface area (Å²) in [6.07, 6.45) is 1.16. The van der Waals surface area contributed by atoms with Crippen molar-refractivity contribution in [2.45, 2.75) is 25.5 Å². The SMILES string of the molecule is CN=C(NCC(C)Oc1ccccc1Cl)N1CCC(N2CCOCC2)C1. The lowest BCUT2D eigenvalue weighted by molar-refractivity contribution is 0.0194. The minimum absolute atomic E-state index is 0.00991. The van der Waals surface area contributed by atoms with Crippen molar-refractivity contribution in [3.8, 4) is 5.75 Å². The Morgan fingerprint density at radius 1 is 1.35 bits per heavy atom. The van der Waals surface area contributed by atoms with Crippen molar-refractivity contribution < 1.29 is 9.47 Å². The van der Waals surface area contributed by atoms with Gasteiger partial charge in [-0.25, -0.2) is 0 Å². The van der Waals surface area contributed by atoms with Crippen molar-refractivity contribution in [1.29, 1.82) is 0 Å². The van der Waals surface area contributed by atoms with Crippen molar-refractivity contribution in [3.05, 3.63) is 29.3 Å². The molecule has 144 valence electrons. The van der Waals surface area contributed by atoms with E-state index in [1.807, 2.05) is 38.2 Å². The number of nitrogens with zero attached hydrogens (tertiary/aromatic N) is 3. The number of nitrogens with one attached hydrogen (secondary N) is 1. The van der Waals surface area contributed by atoms with E-state index < -0.39 is 0 Å². The smallest absolute Gasteiger partial charge is 0.193 e. The Morgan fingerprint density at radius 3 is 2.85 bits per heavy atom. The van der Waals surface area contributed by atoms with Crippen LogP contribution in [0, 0.1) is 0 Å². The third-order valence-corrected chi connectivity index (χ3v) is 5.26. The lowest BCUT2D eigenvalue weighted by atomic mass is 10.2. The normalized spacial score (nSPS) is 23.1. The first-order valence-electron chi connectivity index (χ1n) is 9.36. The number of morpholine rings is 1. The number of hydrogen-bond donors (Lipinski definition) is 1. The summed E-state index contributed by atoms with van der Waals surface area (Å²) in [7, 11) is 1.84. The van der Waals surface area contributed by atoms with Crippen LogP contribution in [-0.4, -0.2) is 80.9 Å². The topological polar surface area (TPSA) is 49.3 Å². The number of guanidine groups is 1. The molecule has 6 nitrogen and oxygen atoms in total. The van der Waals surface area contributed by atoms with Gasteiger partial charge in [-0.05, 0) is 25.5 Å². The zero-order valence-corrected chi connectivity index (χ0v) is 16.4. The van der Waals surface area contributed by atoms with E-state index in [1.165, 1.54) is 6.42 Å². The van der Waals surface area contributed by atoms with E-state index in [-0.39, 0.29) is 6.10 Å². The first kappa shape index (κ1) is 19.3. The molecule has 26 heavy (non-hydrogen) atoms. The van der Waals surface area contributed by atoms with Crippen LogP contribution in [0.5, 0.6) is 5.75 Å². The first-order valence-corrected chi connectivity index (χ1v) is 9.73. The molecule has 0 aliphatic carbocycles. The molecular formula is C19H29ClN4O2. The molecule has 1 aromatic carbocycles. The van der Waals surface area contributed by atoms with Crippen LogP contribution in [0.25, 0.3) is 0 Å². The molecule has 1 aromatic rings. The Labute approximate surface area is 161 Å². The number of benzene rings is 1. The molecule has 2 heterocycles. The summed E-state index contributed by atoms with van der Waals surface area (Å²) in [6.45, 7) is 8.52. The largest absolute Gasteiger partial charge is 0.487 e. The molecule has 2 atom stereocenters. The number of para-hydroxylation sites is 1. The van der Waals surface area contributed by atoms with Crippen LogP contribution in [-0.2, 0) is 4.74 Å². The second-order valence-corrected chi connectivity index (χ2v) is 7.23. The Morgan fingerprint density at radius 2 is 2.12 bits per heavy atom. The summed E-state index contributed by atoms with van der Waals surface area (Å²) >= 11 is 6.16. The van der Waals surface area contributed by atoms with Crippen molar-refractivity contribution in [1.82, 2.24) is 15.1 Å². The molecule has 1 N–H and O–H groups in total. The lowest BCUT2D eigenvalue weighted by Crippen LogP contribution is -2.47. The van der Waals surface area contributed by atoms with Gasteiger partial charge in [-0.1, -0.05) is 23.7 Å². The van der Waals surface area contributed by atoms with Gasteiger partial charge in [0, 0.05) is 39.3 Å². The Bertz CT molecular complexity index is 607. The highest BCUT2D eigenvalue weighted by atomic mass is 35.5. The van der Waals surface area contributed by atoms with E-state index in [9.17, 15) is 0 Å². The third-order valence-electron chi connectivity index (χ3n) is 4.95. The molecular weight excluding hydrogens is 352 g/mol. The van der Waals surface area contributed by atoms with Crippen LogP contribution in [0.1, 0.15) is 13.3 Å². The van der Waals surface area contributed by atoms with Crippen LogP contribution < -0.4 is 10.1 Å². The van der Waals surface area contributed by atoms with Gasteiger partial charge < -0.3 is 19.7 Å². The number of ether oxygens (including phenoxy) is 2. The second kappa shape index (κ2) is 9.44. The minimum Gasteiger partial charge on any atom is -0.487 e. The first-order chi connectivity index (χ1) is 12.7. The number of likely N-dealkylation sites (tertiary alicyclic amines) is 1. The quantitative estimate of drug-likeness (QED) is 0.626. The second-order valence-electron chi connectivity index (χ2n) is 6.82. The number of halogens is 1. The van der Waals surface area contributed by atoms with Gasteiger partial charge in [-0.15, -0.1) is 0 Å². The maximum absolute atomic E-state index is 6.16. The van der Waals surface area contributed by atoms with Crippen LogP contribution in [0.15, 0.2) is 29.3 Å². The van der Waals surface area contributed by atoms with Crippen molar-refractivity contribution in [2.24, 2.45) is 4.99 Å². The van der Waals surface area contributed by atoms with Crippen molar-refractivity contribution in [3.63, 3.8) is 0 Å². The van der Waals surface area contributed by atoms with E-state index in [0.717, 1.165) is 45.4 Å². The van der Waals surface area contributed by atoms with Gasteiger partial charge in [-0.3, -0.25) is 9.89 Å². The molecule has 0 saturated carbocycles. The summed E-state index contributed by atoms with van der Waals surface area (Å²) in [6, 6.07) is 8.15. The van der Waals surface area contributed by atoms with Crippen LogP contribution in [0.3, 0.4) is 0 Å². The highest BCUT2D eigenvalue weighted by Crippen LogP contribution is 2.24. The molecule has 0 radical (unpaired) electrons. The summed E-state index contributed by atoms with van der Waals surface area (Å²) in [5.74, 6) is 1.65. The predicted octanol–water partition coefficient (Wildman–Crippen LogP) is 2.09. The molecule has 0 spiro atoms. The van der Waals surface area contributed by atoms with Crippen molar-refractivity contribution in [2.75, 3.05) is 53.0 Å². The molecule has 2 aliphatic rings. The summed E-state index contributed by atoms with van der Waals surface area (Å²) < 4.78 is 11.4. The number of aliphatic imine (C=N–C) groups is 1. The van der Waals surface area contributed by atoms with Gasteiger partial charge in [0.1, 0.15) is 11.9 Å². The predicted molar refractivity (Wildman–Crippen MR) is 105 cm³/mol. The summed E-state index contributed by atoms with van der Waals surface area (Å²) in [4.78, 5) is 9.33. The fourth-order valence-corrected chi connectivity index (χ4v) is 3.72. The van der Waals surface area contributed by atoms with Gasteiger partial charge in [0.15, 0.2) is 5.96 Å². The molecule has 3 rings (SSSR count). The van der Waals surface area contributed by atoms with Gasteiger partial charge in [-0.2, -0.15) is 0 Å². The monoisotopic (exact) mass is 380 g/mol. The zero-order chi connectivity index (χ0) is 18.4. The highest BCUT2D eigenvalue weighted by Gasteiger charge is 2.30. The van der Waals surface area contributed by atoms with Gasteiger partial charge >= 0.3 is 0 Å². The minimum atomic E-state index is -0.00991. The molecule has 0 aromatic heterocycles. The maximum atomic E-state index is 6.16. The number of rotatable bonds is 5. The van der Waals surface area contributed by atoms with Crippen molar-refractivity contribution >= 4 is 17.6 Å². The fraction of sp³-hybridized carbons (Fsp3) is 0.632. The third kappa shape index (κ3) is 5.02. The standard InChI is InChI=1S/C19H29ClN4O2/c1-15(26-18-6-4-3-5-17(18)20)13-22-19(21-2)24-8-7-16(14-24)23-9-11-25-12-10-23/h3-6,15-16H,7-14H2,1-2H3,(H,21,22). The highest BCUT2D eigenvalue weighted by molar-refractivity contribution is 6.32. The summed E-state index contributed by atoms with van der Waals surface area (Å²) in [5.41, 5.74) is 0. The molecule has 2 fully saturated rings. The average molecular weight is 381 g/mol. The Kier molecular flexibility index (Phi) is 7.00. The van der Waals surface area contributed by atoms with Gasteiger partial charge in [0.25, 0.3) is 0 Å². The Balaban J connectivity index is 1.46. The maximum Gasteiger partial charge on any atom is 0.193 e.